The highest BCUT2D eigenvalue weighted by Gasteiger charge is 2.29. The first-order chi connectivity index (χ1) is 9.78. The zero-order valence-electron chi connectivity index (χ0n) is 12.3. The average molecular weight is 313 g/mol. The van der Waals surface area contributed by atoms with Crippen LogP contribution in [-0.4, -0.2) is 40.8 Å². The number of amides is 1. The molecule has 1 aliphatic rings. The lowest BCUT2D eigenvalue weighted by Crippen LogP contribution is -2.42. The Labute approximate surface area is 128 Å². The van der Waals surface area contributed by atoms with E-state index >= 15 is 0 Å². The Morgan fingerprint density at radius 2 is 2.24 bits per heavy atom. The highest BCUT2D eigenvalue weighted by atomic mass is 35.5. The average Bonchev–Trinajstić information content (AvgIpc) is 2.38. The van der Waals surface area contributed by atoms with Crippen LogP contribution in [0.5, 0.6) is 0 Å². The van der Waals surface area contributed by atoms with E-state index in [4.69, 9.17) is 16.3 Å². The van der Waals surface area contributed by atoms with Gasteiger partial charge in [0.1, 0.15) is 11.8 Å². The van der Waals surface area contributed by atoms with E-state index in [0.717, 1.165) is 0 Å². The third-order valence-corrected chi connectivity index (χ3v) is 3.29. The number of pyridine rings is 1. The van der Waals surface area contributed by atoms with Crippen molar-refractivity contribution in [3.8, 4) is 0 Å². The van der Waals surface area contributed by atoms with Gasteiger partial charge in [0, 0.05) is 24.5 Å². The molecule has 0 aromatic carbocycles. The predicted octanol–water partition coefficient (Wildman–Crippen LogP) is 3.71. The molecule has 6 heteroatoms. The SMILES string of the molecule is CC(C)(C)OC(=O)N1CC=C(c2ccncc2Cl)C(F)C1. The molecule has 1 atom stereocenters. The second-order valence-corrected chi connectivity index (χ2v) is 6.28. The summed E-state index contributed by atoms with van der Waals surface area (Å²) < 4.78 is 19.6. The monoisotopic (exact) mass is 312 g/mol. The molecule has 0 aliphatic carbocycles. The molecule has 21 heavy (non-hydrogen) atoms. The Kier molecular flexibility index (Phi) is 4.52. The minimum Gasteiger partial charge on any atom is -0.444 e. The van der Waals surface area contributed by atoms with Gasteiger partial charge in [0.2, 0.25) is 0 Å². The second-order valence-electron chi connectivity index (χ2n) is 5.87. The molecule has 0 radical (unpaired) electrons. The van der Waals surface area contributed by atoms with Gasteiger partial charge in [-0.2, -0.15) is 0 Å². The largest absolute Gasteiger partial charge is 0.444 e. The summed E-state index contributed by atoms with van der Waals surface area (Å²) in [5, 5.41) is 0.400. The predicted molar refractivity (Wildman–Crippen MR) is 79.9 cm³/mol. The summed E-state index contributed by atoms with van der Waals surface area (Å²) in [6.07, 6.45) is 2.89. The van der Waals surface area contributed by atoms with E-state index in [1.165, 1.54) is 11.1 Å². The lowest BCUT2D eigenvalue weighted by Gasteiger charge is -2.31. The van der Waals surface area contributed by atoms with Gasteiger partial charge in [-0.3, -0.25) is 4.98 Å². The number of alkyl halides is 1. The van der Waals surface area contributed by atoms with Crippen LogP contribution in [0, 0.1) is 0 Å². The number of carbonyl (C=O) groups excluding carboxylic acids is 1. The molecular formula is C15H18ClFN2O2. The summed E-state index contributed by atoms with van der Waals surface area (Å²) in [6, 6.07) is 1.67. The van der Waals surface area contributed by atoms with Crippen LogP contribution in [0.4, 0.5) is 9.18 Å². The van der Waals surface area contributed by atoms with Crippen molar-refractivity contribution >= 4 is 23.3 Å². The summed E-state index contributed by atoms with van der Waals surface area (Å²) in [7, 11) is 0. The van der Waals surface area contributed by atoms with Gasteiger partial charge in [-0.05, 0) is 32.4 Å². The molecule has 0 spiro atoms. The molecule has 0 bridgehead atoms. The fraction of sp³-hybridized carbons (Fsp3) is 0.467. The third-order valence-electron chi connectivity index (χ3n) is 2.98. The molecule has 2 heterocycles. The van der Waals surface area contributed by atoms with Crippen molar-refractivity contribution in [2.45, 2.75) is 32.5 Å². The van der Waals surface area contributed by atoms with Gasteiger partial charge in [-0.25, -0.2) is 9.18 Å². The quantitative estimate of drug-likeness (QED) is 0.794. The van der Waals surface area contributed by atoms with Crippen molar-refractivity contribution in [1.82, 2.24) is 9.88 Å². The van der Waals surface area contributed by atoms with Crippen molar-refractivity contribution in [3.05, 3.63) is 35.1 Å². The first kappa shape index (κ1) is 15.8. The zero-order valence-corrected chi connectivity index (χ0v) is 13.0. The Balaban J connectivity index is 2.14. The lowest BCUT2D eigenvalue weighted by atomic mass is 9.99. The molecule has 1 aliphatic heterocycles. The molecule has 0 saturated carbocycles. The Hall–Kier alpha value is -1.62. The highest BCUT2D eigenvalue weighted by molar-refractivity contribution is 6.32. The smallest absolute Gasteiger partial charge is 0.410 e. The maximum absolute atomic E-state index is 14.4. The van der Waals surface area contributed by atoms with Crippen LogP contribution in [-0.2, 0) is 4.74 Å². The summed E-state index contributed by atoms with van der Waals surface area (Å²) >= 11 is 6.03. The normalized spacial score (nSPS) is 19.2. The van der Waals surface area contributed by atoms with E-state index < -0.39 is 17.9 Å². The minimum absolute atomic E-state index is 0.0423. The molecule has 4 nitrogen and oxygen atoms in total. The van der Waals surface area contributed by atoms with Crippen LogP contribution in [0.3, 0.4) is 0 Å². The molecular weight excluding hydrogens is 295 g/mol. The van der Waals surface area contributed by atoms with Crippen molar-refractivity contribution in [2.75, 3.05) is 13.1 Å². The number of hydrogen-bond donors (Lipinski definition) is 0. The number of aromatic nitrogens is 1. The van der Waals surface area contributed by atoms with Crippen LogP contribution in [0.2, 0.25) is 5.02 Å². The van der Waals surface area contributed by atoms with Crippen LogP contribution in [0.25, 0.3) is 5.57 Å². The summed E-state index contributed by atoms with van der Waals surface area (Å²) in [4.78, 5) is 17.2. The molecule has 1 aromatic heterocycles. The highest BCUT2D eigenvalue weighted by Crippen LogP contribution is 2.30. The minimum atomic E-state index is -1.30. The maximum Gasteiger partial charge on any atom is 0.410 e. The third kappa shape index (κ3) is 3.94. The number of rotatable bonds is 1. The first-order valence-corrected chi connectivity index (χ1v) is 7.07. The summed E-state index contributed by atoms with van der Waals surface area (Å²) in [5.41, 5.74) is 0.506. The molecule has 2 rings (SSSR count). The Morgan fingerprint density at radius 1 is 1.52 bits per heavy atom. The summed E-state index contributed by atoms with van der Waals surface area (Å²) in [6.45, 7) is 5.59. The molecule has 0 saturated heterocycles. The number of nitrogens with zero attached hydrogens (tertiary/aromatic N) is 2. The van der Waals surface area contributed by atoms with Crippen LogP contribution < -0.4 is 0 Å². The molecule has 0 N–H and O–H groups in total. The van der Waals surface area contributed by atoms with Gasteiger partial charge in [-0.15, -0.1) is 0 Å². The van der Waals surface area contributed by atoms with E-state index in [2.05, 4.69) is 4.98 Å². The second kappa shape index (κ2) is 6.02. The summed E-state index contributed by atoms with van der Waals surface area (Å²) in [5.74, 6) is 0. The van der Waals surface area contributed by atoms with Gasteiger partial charge < -0.3 is 9.64 Å². The molecule has 0 fully saturated rings. The molecule has 1 unspecified atom stereocenters. The number of halogens is 2. The van der Waals surface area contributed by atoms with Crippen molar-refractivity contribution in [1.29, 1.82) is 0 Å². The number of carbonyl (C=O) groups is 1. The Bertz CT molecular complexity index is 569. The van der Waals surface area contributed by atoms with Crippen LogP contribution in [0.1, 0.15) is 26.3 Å². The van der Waals surface area contributed by atoms with Gasteiger partial charge in [0.25, 0.3) is 0 Å². The van der Waals surface area contributed by atoms with Crippen molar-refractivity contribution < 1.29 is 13.9 Å². The molecule has 1 aromatic rings. The topological polar surface area (TPSA) is 42.4 Å². The van der Waals surface area contributed by atoms with Gasteiger partial charge >= 0.3 is 6.09 Å². The standard InChI is InChI=1S/C15H18ClFN2O2/c1-15(2,3)21-14(20)19-7-5-11(13(17)9-19)10-4-6-18-8-12(10)16/h4-6,8,13H,7,9H2,1-3H3. The van der Waals surface area contributed by atoms with Gasteiger partial charge in [0.05, 0.1) is 11.6 Å². The van der Waals surface area contributed by atoms with E-state index in [9.17, 15) is 9.18 Å². The van der Waals surface area contributed by atoms with E-state index in [-0.39, 0.29) is 6.54 Å². The van der Waals surface area contributed by atoms with Gasteiger partial charge in [-0.1, -0.05) is 17.7 Å². The van der Waals surface area contributed by atoms with Crippen molar-refractivity contribution in [2.24, 2.45) is 0 Å². The van der Waals surface area contributed by atoms with Crippen molar-refractivity contribution in [3.63, 3.8) is 0 Å². The lowest BCUT2D eigenvalue weighted by molar-refractivity contribution is 0.0236. The fourth-order valence-corrected chi connectivity index (χ4v) is 2.29. The van der Waals surface area contributed by atoms with Crippen LogP contribution >= 0.6 is 11.6 Å². The fourth-order valence-electron chi connectivity index (χ4n) is 2.07. The molecule has 114 valence electrons. The zero-order chi connectivity index (χ0) is 15.6. The van der Waals surface area contributed by atoms with E-state index in [1.807, 2.05) is 0 Å². The maximum atomic E-state index is 14.4. The number of ether oxygens (including phenoxy) is 1. The number of hydrogen-bond acceptors (Lipinski definition) is 3. The Morgan fingerprint density at radius 3 is 2.81 bits per heavy atom. The van der Waals surface area contributed by atoms with E-state index in [0.29, 0.717) is 22.7 Å². The first-order valence-electron chi connectivity index (χ1n) is 6.70. The van der Waals surface area contributed by atoms with Gasteiger partial charge in [0.15, 0.2) is 0 Å². The van der Waals surface area contributed by atoms with Crippen LogP contribution in [0.15, 0.2) is 24.5 Å². The molecule has 1 amide bonds. The van der Waals surface area contributed by atoms with E-state index in [1.54, 1.807) is 39.1 Å².